The third kappa shape index (κ3) is 3.69. The number of thiazole rings is 1. The largest absolute Gasteiger partial charge is 0.507 e. The highest BCUT2D eigenvalue weighted by molar-refractivity contribution is 7.22. The van der Waals surface area contributed by atoms with E-state index in [0.29, 0.717) is 33.7 Å². The van der Waals surface area contributed by atoms with Gasteiger partial charge in [0.05, 0.1) is 28.4 Å². The lowest BCUT2D eigenvalue weighted by molar-refractivity contribution is -0.132. The van der Waals surface area contributed by atoms with E-state index in [0.717, 1.165) is 11.3 Å². The molecule has 1 fully saturated rings. The fourth-order valence-corrected chi connectivity index (χ4v) is 4.94. The van der Waals surface area contributed by atoms with Crippen LogP contribution < -0.4 is 9.64 Å². The van der Waals surface area contributed by atoms with Crippen LogP contribution in [0.15, 0.2) is 72.6 Å². The van der Waals surface area contributed by atoms with Gasteiger partial charge in [0.15, 0.2) is 5.13 Å². The van der Waals surface area contributed by atoms with Crippen LogP contribution >= 0.6 is 11.3 Å². The molecule has 1 saturated heterocycles. The number of Topliss-reactive ketones (excluding diaryl/α,β-unsaturated/α-hetero) is 1. The number of aliphatic hydroxyl groups excluding tert-OH is 1. The van der Waals surface area contributed by atoms with Gasteiger partial charge in [-0.15, -0.1) is 0 Å². The van der Waals surface area contributed by atoms with Crippen molar-refractivity contribution in [2.45, 2.75) is 13.0 Å². The van der Waals surface area contributed by atoms with Gasteiger partial charge in [-0.3, -0.25) is 19.5 Å². The minimum atomic E-state index is -0.963. The molecule has 3 heterocycles. The van der Waals surface area contributed by atoms with Gasteiger partial charge < -0.3 is 9.84 Å². The fourth-order valence-electron chi connectivity index (χ4n) is 3.93. The molecule has 0 aliphatic carbocycles. The van der Waals surface area contributed by atoms with Crippen molar-refractivity contribution in [1.82, 2.24) is 9.97 Å². The molecule has 1 amide bonds. The van der Waals surface area contributed by atoms with E-state index in [1.807, 2.05) is 6.92 Å². The van der Waals surface area contributed by atoms with E-state index >= 15 is 0 Å². The Morgan fingerprint density at radius 1 is 1.18 bits per heavy atom. The van der Waals surface area contributed by atoms with E-state index in [4.69, 9.17) is 4.74 Å². The summed E-state index contributed by atoms with van der Waals surface area (Å²) in [5, 5.41) is 11.4. The lowest BCUT2D eigenvalue weighted by Gasteiger charge is -2.22. The Kier molecular flexibility index (Phi) is 5.54. The minimum absolute atomic E-state index is 0.0860. The number of amides is 1. The summed E-state index contributed by atoms with van der Waals surface area (Å²) >= 11 is 1.09. The summed E-state index contributed by atoms with van der Waals surface area (Å²) in [6.45, 7) is 2.27. The zero-order chi connectivity index (χ0) is 23.8. The predicted octanol–water partition coefficient (Wildman–Crippen LogP) is 4.86. The van der Waals surface area contributed by atoms with Crippen molar-refractivity contribution in [2.24, 2.45) is 0 Å². The molecule has 34 heavy (non-hydrogen) atoms. The van der Waals surface area contributed by atoms with E-state index in [1.54, 1.807) is 42.6 Å². The highest BCUT2D eigenvalue weighted by atomic mass is 32.1. The Morgan fingerprint density at radius 3 is 2.79 bits per heavy atom. The second-order valence-electron chi connectivity index (χ2n) is 7.52. The first kappa shape index (κ1) is 21.7. The monoisotopic (exact) mass is 475 g/mol. The minimum Gasteiger partial charge on any atom is -0.507 e. The molecular formula is C25H18FN3O4S. The number of hydrogen-bond acceptors (Lipinski definition) is 7. The molecule has 0 spiro atoms. The van der Waals surface area contributed by atoms with E-state index in [9.17, 15) is 19.1 Å². The number of fused-ring (bicyclic) bond motifs is 1. The number of ether oxygens (including phenoxy) is 1. The molecular weight excluding hydrogens is 457 g/mol. The van der Waals surface area contributed by atoms with Crippen LogP contribution in [0.5, 0.6) is 5.75 Å². The molecule has 4 aromatic rings. The average Bonchev–Trinajstić information content (AvgIpc) is 3.37. The van der Waals surface area contributed by atoms with Crippen LogP contribution in [0.2, 0.25) is 0 Å². The van der Waals surface area contributed by atoms with Gasteiger partial charge in [-0.05, 0) is 48.9 Å². The summed E-state index contributed by atoms with van der Waals surface area (Å²) in [5.74, 6) is -1.92. The Hall–Kier alpha value is -4.11. The molecule has 170 valence electrons. The Labute approximate surface area is 197 Å². The number of pyridine rings is 1. The first-order valence-corrected chi connectivity index (χ1v) is 11.3. The molecule has 1 aliphatic heterocycles. The molecule has 2 aromatic heterocycles. The molecule has 5 rings (SSSR count). The number of rotatable bonds is 5. The number of carbonyl (C=O) groups is 2. The number of anilines is 1. The van der Waals surface area contributed by atoms with Crippen molar-refractivity contribution in [1.29, 1.82) is 0 Å². The van der Waals surface area contributed by atoms with Gasteiger partial charge in [-0.2, -0.15) is 0 Å². The van der Waals surface area contributed by atoms with Crippen LogP contribution in [-0.4, -0.2) is 33.4 Å². The standard InChI is InChI=1S/C25H18FN3O4S/c1-2-33-17-7-3-5-14(11-17)22(30)20-21(15-6-4-10-27-13-15)29(24(32)23(20)31)25-28-18-9-8-16(26)12-19(18)34-25/h3-13,21,30H,2H2,1H3. The van der Waals surface area contributed by atoms with E-state index in [1.165, 1.54) is 29.3 Å². The van der Waals surface area contributed by atoms with E-state index < -0.39 is 23.5 Å². The van der Waals surface area contributed by atoms with Crippen LogP contribution in [0.1, 0.15) is 24.1 Å². The highest BCUT2D eigenvalue weighted by Crippen LogP contribution is 2.44. The quantitative estimate of drug-likeness (QED) is 0.252. The molecule has 0 saturated carbocycles. The van der Waals surface area contributed by atoms with Crippen molar-refractivity contribution in [2.75, 3.05) is 11.5 Å². The van der Waals surface area contributed by atoms with Crippen LogP contribution in [0, 0.1) is 5.82 Å². The van der Waals surface area contributed by atoms with Gasteiger partial charge in [-0.25, -0.2) is 9.37 Å². The SMILES string of the molecule is CCOc1cccc(C(O)=C2C(=O)C(=O)N(c3nc4ccc(F)cc4s3)C2c2cccnc2)c1. The van der Waals surface area contributed by atoms with Crippen molar-refractivity contribution < 1.29 is 23.8 Å². The zero-order valence-electron chi connectivity index (χ0n) is 17.9. The zero-order valence-corrected chi connectivity index (χ0v) is 18.8. The molecule has 0 bridgehead atoms. The summed E-state index contributed by atoms with van der Waals surface area (Å²) in [5.41, 5.74) is 1.27. The normalized spacial score (nSPS) is 17.5. The van der Waals surface area contributed by atoms with Crippen molar-refractivity contribution in [3.05, 3.63) is 89.5 Å². The summed E-state index contributed by atoms with van der Waals surface area (Å²) < 4.78 is 19.8. The molecule has 2 aromatic carbocycles. The number of hydrogen-bond donors (Lipinski definition) is 1. The van der Waals surface area contributed by atoms with Gasteiger partial charge in [0, 0.05) is 18.0 Å². The number of ketones is 1. The average molecular weight is 476 g/mol. The first-order valence-electron chi connectivity index (χ1n) is 10.5. The van der Waals surface area contributed by atoms with Gasteiger partial charge in [0.2, 0.25) is 0 Å². The lowest BCUT2D eigenvalue weighted by Crippen LogP contribution is -2.29. The van der Waals surface area contributed by atoms with Crippen molar-refractivity contribution >= 4 is 44.1 Å². The molecule has 1 atom stereocenters. The Morgan fingerprint density at radius 2 is 2.03 bits per heavy atom. The number of nitrogens with zero attached hydrogens (tertiary/aromatic N) is 3. The summed E-state index contributed by atoms with van der Waals surface area (Å²) in [6.07, 6.45) is 3.10. The smallest absolute Gasteiger partial charge is 0.301 e. The molecule has 9 heteroatoms. The molecule has 1 N–H and O–H groups in total. The number of aliphatic hydroxyl groups is 1. The topological polar surface area (TPSA) is 92.6 Å². The molecule has 1 unspecified atom stereocenters. The van der Waals surface area contributed by atoms with Crippen LogP contribution in [0.4, 0.5) is 9.52 Å². The van der Waals surface area contributed by atoms with Gasteiger partial charge in [0.25, 0.3) is 5.78 Å². The third-order valence-electron chi connectivity index (χ3n) is 5.41. The van der Waals surface area contributed by atoms with Crippen molar-refractivity contribution in [3.63, 3.8) is 0 Å². The lowest BCUT2D eigenvalue weighted by atomic mass is 9.96. The molecule has 0 radical (unpaired) electrons. The molecule has 1 aliphatic rings. The Balaban J connectivity index is 1.70. The molecule has 7 nitrogen and oxygen atoms in total. The number of benzene rings is 2. The third-order valence-corrected chi connectivity index (χ3v) is 6.43. The van der Waals surface area contributed by atoms with E-state index in [2.05, 4.69) is 9.97 Å². The fraction of sp³-hybridized carbons (Fsp3) is 0.120. The van der Waals surface area contributed by atoms with E-state index in [-0.39, 0.29) is 16.5 Å². The Bertz CT molecular complexity index is 1450. The van der Waals surface area contributed by atoms with Gasteiger partial charge >= 0.3 is 5.91 Å². The second kappa shape index (κ2) is 8.68. The summed E-state index contributed by atoms with van der Waals surface area (Å²) in [7, 11) is 0. The van der Waals surface area contributed by atoms with Crippen LogP contribution in [0.3, 0.4) is 0 Å². The number of carbonyl (C=O) groups excluding carboxylic acids is 2. The maximum absolute atomic E-state index is 13.7. The predicted molar refractivity (Wildman–Crippen MR) is 126 cm³/mol. The van der Waals surface area contributed by atoms with Gasteiger partial charge in [0.1, 0.15) is 17.3 Å². The number of halogens is 1. The highest BCUT2D eigenvalue weighted by Gasteiger charge is 2.48. The maximum Gasteiger partial charge on any atom is 0.301 e. The van der Waals surface area contributed by atoms with Crippen LogP contribution in [0.25, 0.3) is 16.0 Å². The summed E-state index contributed by atoms with van der Waals surface area (Å²) in [4.78, 5) is 36.3. The first-order chi connectivity index (χ1) is 16.5. The van der Waals surface area contributed by atoms with Crippen molar-refractivity contribution in [3.8, 4) is 5.75 Å². The maximum atomic E-state index is 13.7. The summed E-state index contributed by atoms with van der Waals surface area (Å²) in [6, 6.07) is 13.2. The van der Waals surface area contributed by atoms with Crippen LogP contribution in [-0.2, 0) is 9.59 Å². The second-order valence-corrected chi connectivity index (χ2v) is 8.53. The van der Waals surface area contributed by atoms with Gasteiger partial charge in [-0.1, -0.05) is 29.5 Å². The number of aromatic nitrogens is 2.